The maximum absolute atomic E-state index is 11.6. The topological polar surface area (TPSA) is 298 Å². The first-order valence-corrected chi connectivity index (χ1v) is 15.7. The number of halogens is 2. The number of amides is 4. The summed E-state index contributed by atoms with van der Waals surface area (Å²) in [7, 11) is 0. The van der Waals surface area contributed by atoms with Gasteiger partial charge in [0.2, 0.25) is 11.8 Å². The standard InChI is InChI=1S/C13H16ClN7O2S.C13H17N7O2S.ClH.Na/c1-3-6(10(15)22)17-13-9(14)19-8(11(16)23)12(20-13)18-7-4-5(2)21-24-7;1-3-7(11(14)21)17-8-5-16-10(12(15)22)13(18-8)19-9-4-6(2)20-23-9;;/h4,6H,3H2,1-2H3,(H2,15,22)(H2,16,23)(H2,17,18,20);4-5,7H,3H2,1-2H3,(H2,14,21)(H2,15,22)(H2,17,18,19);1H;/q;;;+1/p-1/t6-;7-;;/m11../s1. The largest absolute Gasteiger partial charge is 1.00 e. The number of nitrogens with zero attached hydrogens (tertiary/aromatic N) is 6. The van der Waals surface area contributed by atoms with Crippen LogP contribution in [0.3, 0.4) is 0 Å². The van der Waals surface area contributed by atoms with Gasteiger partial charge in [-0.15, -0.1) is 0 Å². The minimum Gasteiger partial charge on any atom is -1.00 e. The van der Waals surface area contributed by atoms with Gasteiger partial charge in [-0.05, 0) is 61.9 Å². The number of hydrogen-bond donors (Lipinski definition) is 8. The molecule has 0 aliphatic heterocycles. The first kappa shape index (κ1) is 43.1. The van der Waals surface area contributed by atoms with Gasteiger partial charge in [-0.2, -0.15) is 8.75 Å². The number of nitrogens with one attached hydrogen (secondary N) is 4. The summed E-state index contributed by atoms with van der Waals surface area (Å²) in [5.74, 6) is -1.83. The summed E-state index contributed by atoms with van der Waals surface area (Å²) in [4.78, 5) is 62.2. The van der Waals surface area contributed by atoms with Crippen LogP contribution in [0.5, 0.6) is 0 Å². The Hall–Kier alpha value is -3.92. The van der Waals surface area contributed by atoms with E-state index in [2.05, 4.69) is 50.0 Å². The first-order chi connectivity index (χ1) is 22.2. The van der Waals surface area contributed by atoms with E-state index in [0.717, 1.165) is 11.4 Å². The summed E-state index contributed by atoms with van der Waals surface area (Å²) in [6.45, 7) is 7.27. The monoisotopic (exact) mass is 762 g/mol. The SMILES string of the molecule is CC[C@@H](Nc1cnc(C(N)=O)c(Nc2cc(C)ns2)n1)C(N)=O.CC[C@@H](Nc1nc(Nc2cc(C)ns2)c(C(N)=O)nc1Cl)C(N)=O.[Cl-].[Na+]. The molecular formula is C26H33Cl2N14NaO4S2. The molecule has 18 nitrogen and oxygen atoms in total. The van der Waals surface area contributed by atoms with E-state index in [1.807, 2.05) is 20.8 Å². The molecular weight excluding hydrogens is 730 g/mol. The molecule has 4 aromatic rings. The van der Waals surface area contributed by atoms with Crippen LogP contribution in [0.25, 0.3) is 0 Å². The number of rotatable bonds is 14. The van der Waals surface area contributed by atoms with Crippen molar-refractivity contribution >= 4 is 91.6 Å². The molecule has 0 saturated carbocycles. The van der Waals surface area contributed by atoms with Crippen molar-refractivity contribution in [2.24, 2.45) is 22.9 Å². The quantitative estimate of drug-likeness (QED) is 0.0572. The molecule has 258 valence electrons. The van der Waals surface area contributed by atoms with Crippen LogP contribution in [0.2, 0.25) is 5.15 Å². The molecule has 0 unspecified atom stereocenters. The molecule has 0 spiro atoms. The van der Waals surface area contributed by atoms with Gasteiger partial charge in [-0.25, -0.2) is 19.9 Å². The van der Waals surface area contributed by atoms with Crippen molar-refractivity contribution in [2.75, 3.05) is 21.3 Å². The normalized spacial score (nSPS) is 11.3. The van der Waals surface area contributed by atoms with E-state index in [9.17, 15) is 19.2 Å². The number of aryl methyl sites for hydroxylation is 2. The number of carbonyl (C=O) groups excluding carboxylic acids is 4. The minimum absolute atomic E-state index is 0. The van der Waals surface area contributed by atoms with Crippen LogP contribution >= 0.6 is 34.7 Å². The summed E-state index contributed by atoms with van der Waals surface area (Å²) >= 11 is 8.43. The predicted octanol–water partition coefficient (Wildman–Crippen LogP) is -3.82. The van der Waals surface area contributed by atoms with E-state index >= 15 is 0 Å². The molecule has 23 heteroatoms. The number of carbonyl (C=O) groups is 4. The first-order valence-electron chi connectivity index (χ1n) is 13.8. The Morgan fingerprint density at radius 2 is 1.22 bits per heavy atom. The summed E-state index contributed by atoms with van der Waals surface area (Å²) < 4.78 is 8.26. The Bertz CT molecular complexity index is 1780. The van der Waals surface area contributed by atoms with Crippen LogP contribution in [0.15, 0.2) is 18.3 Å². The molecule has 0 fully saturated rings. The molecule has 2 atom stereocenters. The third-order valence-electron chi connectivity index (χ3n) is 5.97. The molecule has 4 rings (SSSR count). The molecule has 4 heterocycles. The zero-order valence-corrected chi connectivity index (χ0v) is 32.1. The van der Waals surface area contributed by atoms with E-state index in [1.54, 1.807) is 19.1 Å². The van der Waals surface area contributed by atoms with Gasteiger partial charge in [-0.3, -0.25) is 19.2 Å². The Morgan fingerprint density at radius 1 is 0.755 bits per heavy atom. The van der Waals surface area contributed by atoms with Gasteiger partial charge < -0.3 is 56.6 Å². The number of aromatic nitrogens is 6. The van der Waals surface area contributed by atoms with E-state index in [1.165, 1.54) is 29.3 Å². The summed E-state index contributed by atoms with van der Waals surface area (Å²) in [5, 5.41) is 12.8. The molecule has 0 aliphatic carbocycles. The van der Waals surface area contributed by atoms with Crippen LogP contribution in [0.1, 0.15) is 59.1 Å². The van der Waals surface area contributed by atoms with E-state index < -0.39 is 35.7 Å². The van der Waals surface area contributed by atoms with Crippen molar-refractivity contribution < 1.29 is 61.1 Å². The number of nitrogens with two attached hydrogens (primary N) is 4. The van der Waals surface area contributed by atoms with Gasteiger partial charge >= 0.3 is 29.6 Å². The van der Waals surface area contributed by atoms with Crippen molar-refractivity contribution in [3.8, 4) is 0 Å². The maximum Gasteiger partial charge on any atom is 1.00 e. The smallest absolute Gasteiger partial charge is 1.00 e. The fourth-order valence-electron chi connectivity index (χ4n) is 3.66. The van der Waals surface area contributed by atoms with Crippen LogP contribution in [-0.4, -0.2) is 64.4 Å². The molecule has 0 aliphatic rings. The maximum atomic E-state index is 11.6. The van der Waals surface area contributed by atoms with Gasteiger partial charge in [0.15, 0.2) is 34.0 Å². The van der Waals surface area contributed by atoms with Crippen molar-refractivity contribution in [1.29, 1.82) is 0 Å². The second-order valence-electron chi connectivity index (χ2n) is 9.67. The zero-order chi connectivity index (χ0) is 34.8. The van der Waals surface area contributed by atoms with Crippen molar-refractivity contribution in [1.82, 2.24) is 28.7 Å². The van der Waals surface area contributed by atoms with E-state index in [4.69, 9.17) is 34.5 Å². The summed E-state index contributed by atoms with van der Waals surface area (Å²) in [5.41, 5.74) is 22.7. The summed E-state index contributed by atoms with van der Waals surface area (Å²) in [6, 6.07) is 2.32. The summed E-state index contributed by atoms with van der Waals surface area (Å²) in [6.07, 6.45) is 2.25. The van der Waals surface area contributed by atoms with E-state index in [-0.39, 0.29) is 76.0 Å². The predicted molar refractivity (Wildman–Crippen MR) is 180 cm³/mol. The molecule has 12 N–H and O–H groups in total. The molecule has 4 aromatic heterocycles. The molecule has 0 bridgehead atoms. The Labute approximate surface area is 322 Å². The Morgan fingerprint density at radius 3 is 1.63 bits per heavy atom. The number of primary amides is 4. The van der Waals surface area contributed by atoms with Crippen LogP contribution in [0, 0.1) is 13.8 Å². The van der Waals surface area contributed by atoms with Crippen molar-refractivity contribution in [3.05, 3.63) is 46.3 Å². The Balaban J connectivity index is 0.000000471. The second kappa shape index (κ2) is 19.9. The average molecular weight is 764 g/mol. The van der Waals surface area contributed by atoms with Gasteiger partial charge in [0, 0.05) is 0 Å². The molecule has 0 aromatic carbocycles. The minimum atomic E-state index is -0.790. The van der Waals surface area contributed by atoms with Crippen LogP contribution < -0.4 is 86.2 Å². The molecule has 0 saturated heterocycles. The third kappa shape index (κ3) is 12.5. The number of anilines is 6. The fourth-order valence-corrected chi connectivity index (χ4v) is 5.17. The van der Waals surface area contributed by atoms with Gasteiger partial charge in [0.1, 0.15) is 27.9 Å². The number of hydrogen-bond acceptors (Lipinski definition) is 16. The molecule has 49 heavy (non-hydrogen) atoms. The second-order valence-corrected chi connectivity index (χ2v) is 11.6. The van der Waals surface area contributed by atoms with Crippen molar-refractivity contribution in [2.45, 2.75) is 52.6 Å². The van der Waals surface area contributed by atoms with Crippen LogP contribution in [-0.2, 0) is 9.59 Å². The zero-order valence-electron chi connectivity index (χ0n) is 27.0. The van der Waals surface area contributed by atoms with Gasteiger partial charge in [-0.1, -0.05) is 25.4 Å². The third-order valence-corrected chi connectivity index (χ3v) is 7.82. The van der Waals surface area contributed by atoms with Crippen molar-refractivity contribution in [3.63, 3.8) is 0 Å². The Kier molecular flexibility index (Phi) is 17.5. The van der Waals surface area contributed by atoms with E-state index in [0.29, 0.717) is 28.7 Å². The van der Waals surface area contributed by atoms with Gasteiger partial charge in [0.25, 0.3) is 11.8 Å². The van der Waals surface area contributed by atoms with Crippen LogP contribution in [0.4, 0.5) is 33.3 Å². The fraction of sp³-hybridized carbons (Fsp3) is 0.308. The van der Waals surface area contributed by atoms with Gasteiger partial charge in [0.05, 0.1) is 17.6 Å². The average Bonchev–Trinajstić information content (AvgIpc) is 3.62. The molecule has 0 radical (unpaired) electrons. The molecule has 4 amide bonds.